The van der Waals surface area contributed by atoms with Gasteiger partial charge in [-0.2, -0.15) is 0 Å². The van der Waals surface area contributed by atoms with Crippen molar-refractivity contribution in [3.8, 4) is 0 Å². The molecule has 3 heteroatoms. The standard InChI is InChI=1S/C27H36N2O/c1-20-9-14-23-15-17-28-16-5-8-25(23)27(20)29-19-22-12-10-21(11-13-22)18-26(30)24-6-3-2-4-7-24/h9-14,24,28-29H,2-8,15-19H2,1H3. The van der Waals surface area contributed by atoms with Gasteiger partial charge >= 0.3 is 0 Å². The van der Waals surface area contributed by atoms with Crippen molar-refractivity contribution in [3.63, 3.8) is 0 Å². The van der Waals surface area contributed by atoms with Crippen molar-refractivity contribution in [2.75, 3.05) is 18.4 Å². The molecule has 0 radical (unpaired) electrons. The molecular weight excluding hydrogens is 368 g/mol. The second-order valence-corrected chi connectivity index (χ2v) is 9.15. The van der Waals surface area contributed by atoms with E-state index in [4.69, 9.17) is 0 Å². The molecule has 2 aromatic carbocycles. The van der Waals surface area contributed by atoms with Crippen molar-refractivity contribution in [2.24, 2.45) is 5.92 Å². The fraction of sp³-hybridized carbons (Fsp3) is 0.519. The zero-order chi connectivity index (χ0) is 20.8. The number of benzene rings is 2. The lowest BCUT2D eigenvalue weighted by Gasteiger charge is -2.21. The number of hydrogen-bond donors (Lipinski definition) is 2. The minimum Gasteiger partial charge on any atom is -0.381 e. The lowest BCUT2D eigenvalue weighted by Crippen LogP contribution is -2.22. The first-order valence-corrected chi connectivity index (χ1v) is 11.9. The third-order valence-corrected chi connectivity index (χ3v) is 6.90. The van der Waals surface area contributed by atoms with Crippen LogP contribution in [0.25, 0.3) is 0 Å². The van der Waals surface area contributed by atoms with Crippen molar-refractivity contribution in [2.45, 2.75) is 71.3 Å². The molecule has 160 valence electrons. The summed E-state index contributed by atoms with van der Waals surface area (Å²) < 4.78 is 0. The molecule has 1 saturated carbocycles. The zero-order valence-electron chi connectivity index (χ0n) is 18.4. The monoisotopic (exact) mass is 404 g/mol. The maximum atomic E-state index is 12.6. The Hall–Kier alpha value is -2.13. The molecule has 1 heterocycles. The van der Waals surface area contributed by atoms with Gasteiger partial charge in [0.05, 0.1) is 0 Å². The lowest BCUT2D eigenvalue weighted by atomic mass is 9.84. The Kier molecular flexibility index (Phi) is 7.22. The van der Waals surface area contributed by atoms with Crippen LogP contribution in [0.4, 0.5) is 5.69 Å². The van der Waals surface area contributed by atoms with Crippen LogP contribution in [-0.4, -0.2) is 18.9 Å². The van der Waals surface area contributed by atoms with E-state index in [1.54, 1.807) is 0 Å². The summed E-state index contributed by atoms with van der Waals surface area (Å²) >= 11 is 0. The Labute approximate surface area is 181 Å². The van der Waals surface area contributed by atoms with Gasteiger partial charge in [-0.25, -0.2) is 0 Å². The van der Waals surface area contributed by atoms with Crippen LogP contribution >= 0.6 is 0 Å². The normalized spacial score (nSPS) is 17.6. The highest BCUT2D eigenvalue weighted by molar-refractivity contribution is 5.83. The molecule has 1 aliphatic heterocycles. The van der Waals surface area contributed by atoms with Gasteiger partial charge < -0.3 is 10.6 Å². The van der Waals surface area contributed by atoms with E-state index >= 15 is 0 Å². The van der Waals surface area contributed by atoms with Gasteiger partial charge in [0.2, 0.25) is 0 Å². The molecule has 0 aromatic heterocycles. The smallest absolute Gasteiger partial charge is 0.140 e. The van der Waals surface area contributed by atoms with Gasteiger partial charge in [-0.05, 0) is 79.9 Å². The van der Waals surface area contributed by atoms with Crippen molar-refractivity contribution in [1.82, 2.24) is 5.32 Å². The van der Waals surface area contributed by atoms with Crippen molar-refractivity contribution >= 4 is 11.5 Å². The Morgan fingerprint density at radius 1 is 0.933 bits per heavy atom. The van der Waals surface area contributed by atoms with Crippen LogP contribution in [0.3, 0.4) is 0 Å². The SMILES string of the molecule is Cc1ccc2c(c1NCc1ccc(CC(=O)C3CCCCC3)cc1)CCCNCC2. The number of ketones is 1. The van der Waals surface area contributed by atoms with E-state index in [9.17, 15) is 4.79 Å². The van der Waals surface area contributed by atoms with Crippen LogP contribution in [0, 0.1) is 12.8 Å². The number of hydrogen-bond acceptors (Lipinski definition) is 3. The van der Waals surface area contributed by atoms with Gasteiger partial charge in [0.15, 0.2) is 0 Å². The molecule has 0 unspecified atom stereocenters. The van der Waals surface area contributed by atoms with Gasteiger partial charge in [0.1, 0.15) is 5.78 Å². The highest BCUT2D eigenvalue weighted by atomic mass is 16.1. The molecule has 3 nitrogen and oxygen atoms in total. The van der Waals surface area contributed by atoms with Gasteiger partial charge in [-0.3, -0.25) is 4.79 Å². The van der Waals surface area contributed by atoms with Crippen molar-refractivity contribution < 1.29 is 4.79 Å². The average molecular weight is 405 g/mol. The van der Waals surface area contributed by atoms with Gasteiger partial charge in [0, 0.05) is 24.6 Å². The summed E-state index contributed by atoms with van der Waals surface area (Å²) in [4.78, 5) is 12.6. The maximum Gasteiger partial charge on any atom is 0.140 e. The molecule has 30 heavy (non-hydrogen) atoms. The Bertz CT molecular complexity index is 850. The van der Waals surface area contributed by atoms with E-state index in [-0.39, 0.29) is 0 Å². The first-order chi connectivity index (χ1) is 14.7. The highest BCUT2D eigenvalue weighted by Gasteiger charge is 2.21. The predicted molar refractivity (Wildman–Crippen MR) is 125 cm³/mol. The van der Waals surface area contributed by atoms with E-state index in [0.29, 0.717) is 18.1 Å². The van der Waals surface area contributed by atoms with Crippen molar-refractivity contribution in [3.05, 3.63) is 64.2 Å². The number of carbonyl (C=O) groups is 1. The summed E-state index contributed by atoms with van der Waals surface area (Å²) in [6.07, 6.45) is 9.96. The molecule has 2 aromatic rings. The van der Waals surface area contributed by atoms with E-state index in [0.717, 1.165) is 50.9 Å². The topological polar surface area (TPSA) is 41.1 Å². The molecule has 0 saturated heterocycles. The van der Waals surface area contributed by atoms with E-state index < -0.39 is 0 Å². The molecule has 1 fully saturated rings. The summed E-state index contributed by atoms with van der Waals surface area (Å²) in [5.41, 5.74) is 8.07. The third kappa shape index (κ3) is 5.31. The van der Waals surface area contributed by atoms with Crippen LogP contribution in [0.15, 0.2) is 36.4 Å². The Balaban J connectivity index is 1.38. The minimum atomic E-state index is 0.302. The number of aryl methyl sites for hydroxylation is 1. The van der Waals surface area contributed by atoms with Crippen LogP contribution < -0.4 is 10.6 Å². The molecule has 2 N–H and O–H groups in total. The largest absolute Gasteiger partial charge is 0.381 e. The number of nitrogens with one attached hydrogen (secondary N) is 2. The fourth-order valence-electron chi connectivity index (χ4n) is 5.05. The molecule has 1 aliphatic carbocycles. The van der Waals surface area contributed by atoms with Gasteiger partial charge in [-0.15, -0.1) is 0 Å². The molecule has 0 amide bonds. The van der Waals surface area contributed by atoms with E-state index in [1.165, 1.54) is 53.6 Å². The van der Waals surface area contributed by atoms with Gasteiger partial charge in [-0.1, -0.05) is 55.7 Å². The minimum absolute atomic E-state index is 0.302. The Morgan fingerprint density at radius 2 is 1.70 bits per heavy atom. The Morgan fingerprint density at radius 3 is 2.50 bits per heavy atom. The quantitative estimate of drug-likeness (QED) is 0.679. The third-order valence-electron chi connectivity index (χ3n) is 6.90. The van der Waals surface area contributed by atoms with Crippen molar-refractivity contribution in [1.29, 1.82) is 0 Å². The van der Waals surface area contributed by atoms with E-state index in [1.807, 2.05) is 0 Å². The number of rotatable bonds is 6. The summed E-state index contributed by atoms with van der Waals surface area (Å²) in [5.74, 6) is 0.740. The molecular formula is C27H36N2O. The predicted octanol–water partition coefficient (Wildman–Crippen LogP) is 5.38. The molecule has 4 rings (SSSR count). The maximum absolute atomic E-state index is 12.6. The second kappa shape index (κ2) is 10.3. The molecule has 0 spiro atoms. The zero-order valence-corrected chi connectivity index (χ0v) is 18.4. The number of Topliss-reactive ketones (excluding diaryl/α,β-unsaturated/α-hetero) is 1. The van der Waals surface area contributed by atoms with E-state index in [2.05, 4.69) is 54.0 Å². The summed E-state index contributed by atoms with van der Waals surface area (Å²) in [5, 5.41) is 7.25. The summed E-state index contributed by atoms with van der Waals surface area (Å²) in [6, 6.07) is 13.2. The first kappa shape index (κ1) is 21.1. The van der Waals surface area contributed by atoms with Crippen LogP contribution in [-0.2, 0) is 30.6 Å². The first-order valence-electron chi connectivity index (χ1n) is 11.9. The number of carbonyl (C=O) groups excluding carboxylic acids is 1. The summed E-state index contributed by atoms with van der Waals surface area (Å²) in [6.45, 7) is 5.20. The molecule has 0 bridgehead atoms. The van der Waals surface area contributed by atoms with Crippen LogP contribution in [0.5, 0.6) is 0 Å². The summed E-state index contributed by atoms with van der Waals surface area (Å²) in [7, 11) is 0. The number of fused-ring (bicyclic) bond motifs is 1. The highest BCUT2D eigenvalue weighted by Crippen LogP contribution is 2.28. The lowest BCUT2D eigenvalue weighted by molar-refractivity contribution is -0.123. The van der Waals surface area contributed by atoms with Gasteiger partial charge in [0.25, 0.3) is 0 Å². The fourth-order valence-corrected chi connectivity index (χ4v) is 5.05. The number of anilines is 1. The molecule has 0 atom stereocenters. The second-order valence-electron chi connectivity index (χ2n) is 9.15. The average Bonchev–Trinajstić information content (AvgIpc) is 2.75. The molecule has 2 aliphatic rings. The van der Waals surface area contributed by atoms with Crippen LogP contribution in [0.1, 0.15) is 66.3 Å². The van der Waals surface area contributed by atoms with Crippen LogP contribution in [0.2, 0.25) is 0 Å².